The molecule has 76 valence electrons. The lowest BCUT2D eigenvalue weighted by molar-refractivity contribution is 0.151. The number of halogens is 1. The summed E-state index contributed by atoms with van der Waals surface area (Å²) in [5, 5.41) is 9.95. The van der Waals surface area contributed by atoms with Crippen LogP contribution >= 0.6 is 15.9 Å². The van der Waals surface area contributed by atoms with Crippen molar-refractivity contribution < 1.29 is 9.84 Å². The van der Waals surface area contributed by atoms with Crippen LogP contribution in [0.1, 0.15) is 24.0 Å². The van der Waals surface area contributed by atoms with E-state index in [1.54, 1.807) is 7.11 Å². The van der Waals surface area contributed by atoms with Crippen LogP contribution in [0.2, 0.25) is 0 Å². The monoisotopic (exact) mass is 256 g/mol. The Morgan fingerprint density at radius 3 is 2.50 bits per heavy atom. The van der Waals surface area contributed by atoms with Crippen molar-refractivity contribution in [3.05, 3.63) is 27.7 Å². The van der Waals surface area contributed by atoms with Crippen molar-refractivity contribution in [1.29, 1.82) is 0 Å². The quantitative estimate of drug-likeness (QED) is 0.882. The van der Waals surface area contributed by atoms with Gasteiger partial charge in [-0.25, -0.2) is 0 Å². The molecule has 0 aromatic heterocycles. The Labute approximate surface area is 92.0 Å². The third kappa shape index (κ3) is 1.55. The highest BCUT2D eigenvalue weighted by molar-refractivity contribution is 9.10. The van der Waals surface area contributed by atoms with Crippen LogP contribution in [0, 0.1) is 6.92 Å². The molecular formula is C11H13BrO2. The molecule has 14 heavy (non-hydrogen) atoms. The second-order valence-corrected chi connectivity index (χ2v) is 4.69. The van der Waals surface area contributed by atoms with E-state index in [0.29, 0.717) is 0 Å². The molecule has 0 bridgehead atoms. The largest absolute Gasteiger partial charge is 0.495 e. The van der Waals surface area contributed by atoms with Crippen molar-refractivity contribution >= 4 is 15.9 Å². The Hall–Kier alpha value is -0.540. The summed E-state index contributed by atoms with van der Waals surface area (Å²) in [6, 6.07) is 3.94. The normalized spacial score (nSPS) is 18.0. The summed E-state index contributed by atoms with van der Waals surface area (Å²) < 4.78 is 6.15. The maximum Gasteiger partial charge on any atom is 0.135 e. The molecule has 0 atom stereocenters. The standard InChI is InChI=1S/C11H13BrO2/c1-7-5-8(11(13)3-4-11)6-9(12)10(7)14-2/h5-6,13H,3-4H2,1-2H3. The van der Waals surface area contributed by atoms with Crippen LogP contribution in [0.4, 0.5) is 0 Å². The van der Waals surface area contributed by atoms with Gasteiger partial charge in [0.1, 0.15) is 5.75 Å². The number of rotatable bonds is 2. The minimum Gasteiger partial charge on any atom is -0.495 e. The molecule has 0 radical (unpaired) electrons. The summed E-state index contributed by atoms with van der Waals surface area (Å²) in [4.78, 5) is 0. The van der Waals surface area contributed by atoms with Gasteiger partial charge in [-0.1, -0.05) is 0 Å². The van der Waals surface area contributed by atoms with Gasteiger partial charge in [0.25, 0.3) is 0 Å². The molecule has 0 saturated heterocycles. The smallest absolute Gasteiger partial charge is 0.135 e. The Bertz CT molecular complexity index is 347. The molecule has 0 aliphatic heterocycles. The molecule has 1 N–H and O–H groups in total. The summed E-state index contributed by atoms with van der Waals surface area (Å²) >= 11 is 3.44. The van der Waals surface area contributed by atoms with Gasteiger partial charge in [0.2, 0.25) is 0 Å². The lowest BCUT2D eigenvalue weighted by atomic mass is 10.0. The van der Waals surface area contributed by atoms with Crippen molar-refractivity contribution in [2.75, 3.05) is 7.11 Å². The van der Waals surface area contributed by atoms with Crippen LogP contribution in [-0.4, -0.2) is 12.2 Å². The number of aryl methyl sites for hydroxylation is 1. The molecule has 0 unspecified atom stereocenters. The van der Waals surface area contributed by atoms with Crippen LogP contribution < -0.4 is 4.74 Å². The summed E-state index contributed by atoms with van der Waals surface area (Å²) in [7, 11) is 1.65. The van der Waals surface area contributed by atoms with E-state index < -0.39 is 5.60 Å². The van der Waals surface area contributed by atoms with E-state index in [-0.39, 0.29) is 0 Å². The van der Waals surface area contributed by atoms with Crippen LogP contribution in [0.5, 0.6) is 5.75 Å². The molecule has 0 spiro atoms. The van der Waals surface area contributed by atoms with Gasteiger partial charge in [0.15, 0.2) is 0 Å². The molecule has 1 aliphatic carbocycles. The molecule has 1 aliphatic rings. The summed E-state index contributed by atoms with van der Waals surface area (Å²) in [6.07, 6.45) is 1.73. The van der Waals surface area contributed by atoms with Crippen molar-refractivity contribution in [2.24, 2.45) is 0 Å². The highest BCUT2D eigenvalue weighted by atomic mass is 79.9. The van der Waals surface area contributed by atoms with E-state index in [1.807, 2.05) is 19.1 Å². The fourth-order valence-electron chi connectivity index (χ4n) is 1.67. The Balaban J connectivity index is 2.47. The second kappa shape index (κ2) is 3.24. The Morgan fingerprint density at radius 2 is 2.07 bits per heavy atom. The van der Waals surface area contributed by atoms with Gasteiger partial charge in [-0.05, 0) is 59.0 Å². The van der Waals surface area contributed by atoms with Crippen molar-refractivity contribution in [1.82, 2.24) is 0 Å². The molecule has 1 aromatic carbocycles. The number of ether oxygens (including phenoxy) is 1. The first-order chi connectivity index (χ1) is 6.57. The van der Waals surface area contributed by atoms with Gasteiger partial charge in [0, 0.05) is 0 Å². The number of aliphatic hydroxyl groups is 1. The van der Waals surface area contributed by atoms with E-state index in [1.165, 1.54) is 0 Å². The molecule has 1 aromatic rings. The van der Waals surface area contributed by atoms with Gasteiger partial charge >= 0.3 is 0 Å². The first-order valence-electron chi connectivity index (χ1n) is 4.64. The number of methoxy groups -OCH3 is 1. The third-order valence-corrected chi connectivity index (χ3v) is 3.28. The molecular weight excluding hydrogens is 244 g/mol. The van der Waals surface area contributed by atoms with E-state index in [9.17, 15) is 5.11 Å². The molecule has 3 heteroatoms. The van der Waals surface area contributed by atoms with Crippen LogP contribution in [-0.2, 0) is 5.60 Å². The second-order valence-electron chi connectivity index (χ2n) is 3.84. The fourth-order valence-corrected chi connectivity index (χ4v) is 2.39. The highest BCUT2D eigenvalue weighted by Crippen LogP contribution is 2.47. The first kappa shape index (κ1) is 9.99. The SMILES string of the molecule is COc1c(C)cc(C2(O)CC2)cc1Br. The zero-order chi connectivity index (χ0) is 10.3. The lowest BCUT2D eigenvalue weighted by Gasteiger charge is -2.13. The average molecular weight is 257 g/mol. The van der Waals surface area contributed by atoms with Crippen LogP contribution in [0.15, 0.2) is 16.6 Å². The van der Waals surface area contributed by atoms with Crippen molar-refractivity contribution in [3.63, 3.8) is 0 Å². The zero-order valence-corrected chi connectivity index (χ0v) is 9.89. The number of benzene rings is 1. The number of hydrogen-bond acceptors (Lipinski definition) is 2. The maximum atomic E-state index is 9.95. The average Bonchev–Trinajstić information content (AvgIpc) is 2.84. The molecule has 0 heterocycles. The molecule has 2 nitrogen and oxygen atoms in total. The van der Waals surface area contributed by atoms with E-state index in [4.69, 9.17) is 4.74 Å². The van der Waals surface area contributed by atoms with E-state index in [2.05, 4.69) is 15.9 Å². The first-order valence-corrected chi connectivity index (χ1v) is 5.43. The Morgan fingerprint density at radius 1 is 1.43 bits per heavy atom. The highest BCUT2D eigenvalue weighted by Gasteiger charge is 2.42. The number of hydrogen-bond donors (Lipinski definition) is 1. The van der Waals surface area contributed by atoms with Gasteiger partial charge < -0.3 is 9.84 Å². The molecule has 1 fully saturated rings. The lowest BCUT2D eigenvalue weighted by Crippen LogP contribution is -2.05. The maximum absolute atomic E-state index is 9.95. The molecule has 1 saturated carbocycles. The molecule has 2 rings (SSSR count). The van der Waals surface area contributed by atoms with Gasteiger partial charge in [-0.2, -0.15) is 0 Å². The van der Waals surface area contributed by atoms with E-state index >= 15 is 0 Å². The van der Waals surface area contributed by atoms with Gasteiger partial charge in [-0.3, -0.25) is 0 Å². The predicted octanol–water partition coefficient (Wildman–Crippen LogP) is 2.75. The minimum atomic E-state index is -0.570. The van der Waals surface area contributed by atoms with Crippen LogP contribution in [0.3, 0.4) is 0 Å². The van der Waals surface area contributed by atoms with Gasteiger partial charge in [0.05, 0.1) is 17.2 Å². The summed E-state index contributed by atoms with van der Waals surface area (Å²) in [6.45, 7) is 1.98. The minimum absolute atomic E-state index is 0.570. The summed E-state index contributed by atoms with van der Waals surface area (Å²) in [5.41, 5.74) is 1.47. The van der Waals surface area contributed by atoms with E-state index in [0.717, 1.165) is 34.2 Å². The zero-order valence-electron chi connectivity index (χ0n) is 8.30. The molecule has 0 amide bonds. The third-order valence-electron chi connectivity index (χ3n) is 2.69. The van der Waals surface area contributed by atoms with Crippen molar-refractivity contribution in [2.45, 2.75) is 25.4 Å². The fraction of sp³-hybridized carbons (Fsp3) is 0.455. The van der Waals surface area contributed by atoms with Gasteiger partial charge in [-0.15, -0.1) is 0 Å². The topological polar surface area (TPSA) is 29.5 Å². The summed E-state index contributed by atoms with van der Waals surface area (Å²) in [5.74, 6) is 0.845. The van der Waals surface area contributed by atoms with Crippen LogP contribution in [0.25, 0.3) is 0 Å². The van der Waals surface area contributed by atoms with Crippen molar-refractivity contribution in [3.8, 4) is 5.75 Å². The Kier molecular flexibility index (Phi) is 2.32. The predicted molar refractivity (Wildman–Crippen MR) is 58.6 cm³/mol.